The van der Waals surface area contributed by atoms with Crippen molar-refractivity contribution >= 4 is 44.2 Å². The maximum Gasteiger partial charge on any atom is 0.258 e. The van der Waals surface area contributed by atoms with Crippen LogP contribution >= 0.6 is 11.8 Å². The molecule has 0 saturated heterocycles. The monoisotopic (exact) mass is 399 g/mol. The van der Waals surface area contributed by atoms with Crippen molar-refractivity contribution in [3.8, 4) is 0 Å². The highest BCUT2D eigenvalue weighted by atomic mass is 32.2. The minimum Gasteiger partial charge on any atom is -0.318 e. The molecule has 5 rings (SSSR count). The molecule has 2 aromatic carbocycles. The first-order valence-electron chi connectivity index (χ1n) is 8.76. The van der Waals surface area contributed by atoms with E-state index in [1.807, 2.05) is 46.2 Å². The lowest BCUT2D eigenvalue weighted by atomic mass is 10.1. The molecule has 27 heavy (non-hydrogen) atoms. The number of hydrogen-bond donors (Lipinski definition) is 0. The number of nitrogens with zero attached hydrogens (tertiary/aromatic N) is 3. The van der Waals surface area contributed by atoms with E-state index < -0.39 is 10.0 Å². The normalized spacial score (nSPS) is 22.1. The summed E-state index contributed by atoms with van der Waals surface area (Å²) in [6.45, 7) is 2.45. The molecular weight excluding hydrogens is 382 g/mol. The second-order valence-electron chi connectivity index (χ2n) is 6.95. The van der Waals surface area contributed by atoms with Crippen molar-refractivity contribution in [2.75, 3.05) is 22.1 Å². The van der Waals surface area contributed by atoms with Crippen LogP contribution in [0.1, 0.15) is 22.8 Å². The molecule has 0 saturated carbocycles. The third-order valence-corrected chi connectivity index (χ3v) is 7.45. The van der Waals surface area contributed by atoms with Gasteiger partial charge in [-0.3, -0.25) is 4.79 Å². The second kappa shape index (κ2) is 5.84. The van der Waals surface area contributed by atoms with E-state index in [9.17, 15) is 13.2 Å². The minimum absolute atomic E-state index is 0.0132. The second-order valence-corrected chi connectivity index (χ2v) is 9.72. The summed E-state index contributed by atoms with van der Waals surface area (Å²) in [4.78, 5) is 17.8. The molecule has 0 bridgehead atoms. The quantitative estimate of drug-likeness (QED) is 0.737. The third-order valence-electron chi connectivity index (χ3n) is 5.15. The lowest BCUT2D eigenvalue weighted by molar-refractivity contribution is 0.0981. The van der Waals surface area contributed by atoms with Gasteiger partial charge in [-0.05, 0) is 54.9 Å². The summed E-state index contributed by atoms with van der Waals surface area (Å²) in [7, 11) is -3.38. The Kier molecular flexibility index (Phi) is 3.64. The SMILES string of the molecule is CC1Cc2ccccc2N1C(=O)c1ccc2c(c1)SC1=NS(=O)(=O)CCN12. The summed E-state index contributed by atoms with van der Waals surface area (Å²) < 4.78 is 27.4. The zero-order chi connectivity index (χ0) is 18.8. The number of carbonyl (C=O) groups is 1. The van der Waals surface area contributed by atoms with E-state index in [2.05, 4.69) is 17.4 Å². The average molecular weight is 399 g/mol. The summed E-state index contributed by atoms with van der Waals surface area (Å²) in [6.07, 6.45) is 0.851. The zero-order valence-electron chi connectivity index (χ0n) is 14.6. The fourth-order valence-electron chi connectivity index (χ4n) is 3.88. The Labute approximate surface area is 161 Å². The molecule has 1 unspecified atom stereocenters. The van der Waals surface area contributed by atoms with Gasteiger partial charge in [0, 0.05) is 28.7 Å². The Hall–Kier alpha value is -2.32. The lowest BCUT2D eigenvalue weighted by Crippen LogP contribution is -2.36. The molecule has 0 radical (unpaired) electrons. The number of carbonyl (C=O) groups excluding carboxylic acids is 1. The first-order valence-corrected chi connectivity index (χ1v) is 11.2. The molecule has 3 heterocycles. The number of benzene rings is 2. The molecular formula is C19H17N3O3S2. The van der Waals surface area contributed by atoms with Gasteiger partial charge in [-0.1, -0.05) is 18.2 Å². The van der Waals surface area contributed by atoms with Crippen molar-refractivity contribution < 1.29 is 13.2 Å². The summed E-state index contributed by atoms with van der Waals surface area (Å²) in [6, 6.07) is 13.7. The minimum atomic E-state index is -3.38. The Morgan fingerprint density at radius 2 is 2.00 bits per heavy atom. The maximum absolute atomic E-state index is 13.2. The van der Waals surface area contributed by atoms with Crippen molar-refractivity contribution in [3.05, 3.63) is 53.6 Å². The summed E-state index contributed by atoms with van der Waals surface area (Å²) in [5, 5.41) is 0.473. The molecule has 0 aliphatic carbocycles. The number of thioether (sulfide) groups is 1. The maximum atomic E-state index is 13.2. The number of para-hydroxylation sites is 1. The number of hydrogen-bond acceptors (Lipinski definition) is 5. The van der Waals surface area contributed by atoms with E-state index >= 15 is 0 Å². The van der Waals surface area contributed by atoms with Gasteiger partial charge in [-0.2, -0.15) is 0 Å². The van der Waals surface area contributed by atoms with Gasteiger partial charge < -0.3 is 9.80 Å². The van der Waals surface area contributed by atoms with E-state index in [4.69, 9.17) is 0 Å². The topological polar surface area (TPSA) is 70.0 Å². The van der Waals surface area contributed by atoms with Crippen LogP contribution in [0.5, 0.6) is 0 Å². The van der Waals surface area contributed by atoms with Crippen molar-refractivity contribution in [1.29, 1.82) is 0 Å². The Morgan fingerprint density at radius 3 is 2.85 bits per heavy atom. The molecule has 8 heteroatoms. The van der Waals surface area contributed by atoms with Crippen molar-refractivity contribution in [1.82, 2.24) is 0 Å². The van der Waals surface area contributed by atoms with E-state index in [1.54, 1.807) is 0 Å². The predicted octanol–water partition coefficient (Wildman–Crippen LogP) is 2.89. The van der Waals surface area contributed by atoms with Gasteiger partial charge in [0.15, 0.2) is 5.17 Å². The van der Waals surface area contributed by atoms with Crippen LogP contribution in [0.25, 0.3) is 0 Å². The van der Waals surface area contributed by atoms with E-state index in [1.165, 1.54) is 17.3 Å². The summed E-state index contributed by atoms with van der Waals surface area (Å²) in [5.74, 6) is -0.0190. The standard InChI is InChI=1S/C19H17N3O3S2/c1-12-10-13-4-2-3-5-15(13)22(12)18(23)14-6-7-16-17(11-14)26-19-20-27(24,25)9-8-21(16)19/h2-7,11-12H,8-10H2,1H3. The Bertz CT molecular complexity index is 1110. The number of amides is 1. The lowest BCUT2D eigenvalue weighted by Gasteiger charge is -2.24. The van der Waals surface area contributed by atoms with Crippen molar-refractivity contribution in [2.45, 2.75) is 24.3 Å². The van der Waals surface area contributed by atoms with E-state index in [0.29, 0.717) is 17.3 Å². The molecule has 138 valence electrons. The van der Waals surface area contributed by atoms with Gasteiger partial charge in [0.05, 0.1) is 11.4 Å². The fourth-order valence-corrected chi connectivity index (χ4v) is 6.17. The molecule has 6 nitrogen and oxygen atoms in total. The van der Waals surface area contributed by atoms with Gasteiger partial charge in [-0.25, -0.2) is 8.42 Å². The van der Waals surface area contributed by atoms with Crippen molar-refractivity contribution in [2.24, 2.45) is 4.40 Å². The van der Waals surface area contributed by atoms with Crippen LogP contribution in [0.2, 0.25) is 0 Å². The van der Waals surface area contributed by atoms with Crippen LogP contribution in [-0.4, -0.2) is 37.8 Å². The van der Waals surface area contributed by atoms with Crippen LogP contribution < -0.4 is 9.80 Å². The number of anilines is 2. The molecule has 0 fully saturated rings. The highest BCUT2D eigenvalue weighted by Gasteiger charge is 2.35. The van der Waals surface area contributed by atoms with Gasteiger partial charge in [-0.15, -0.1) is 4.40 Å². The van der Waals surface area contributed by atoms with Crippen LogP contribution in [0.15, 0.2) is 51.8 Å². The summed E-state index contributed by atoms with van der Waals surface area (Å²) in [5.41, 5.74) is 3.68. The van der Waals surface area contributed by atoms with E-state index in [0.717, 1.165) is 22.7 Å². The molecule has 1 amide bonds. The first kappa shape index (κ1) is 16.8. The molecule has 1 atom stereocenters. The molecule has 0 N–H and O–H groups in total. The van der Waals surface area contributed by atoms with Crippen molar-refractivity contribution in [3.63, 3.8) is 0 Å². The predicted molar refractivity (Wildman–Crippen MR) is 107 cm³/mol. The van der Waals surface area contributed by atoms with Gasteiger partial charge in [0.2, 0.25) is 0 Å². The fraction of sp³-hybridized carbons (Fsp3) is 0.263. The molecule has 2 aromatic rings. The molecule has 3 aliphatic rings. The Balaban J connectivity index is 1.50. The van der Waals surface area contributed by atoms with Crippen LogP contribution in [0.3, 0.4) is 0 Å². The number of fused-ring (bicyclic) bond motifs is 4. The number of rotatable bonds is 1. The van der Waals surface area contributed by atoms with Crippen LogP contribution in [-0.2, 0) is 16.4 Å². The zero-order valence-corrected chi connectivity index (χ0v) is 16.3. The smallest absolute Gasteiger partial charge is 0.258 e. The number of amidine groups is 1. The molecule has 0 spiro atoms. The highest BCUT2D eigenvalue weighted by molar-refractivity contribution is 8.15. The van der Waals surface area contributed by atoms with Gasteiger partial charge in [0.25, 0.3) is 15.9 Å². The number of sulfonamides is 1. The summed E-state index contributed by atoms with van der Waals surface area (Å²) >= 11 is 1.31. The average Bonchev–Trinajstić information content (AvgIpc) is 3.15. The van der Waals surface area contributed by atoms with E-state index in [-0.39, 0.29) is 17.7 Å². The van der Waals surface area contributed by atoms with Gasteiger partial charge >= 0.3 is 0 Å². The highest BCUT2D eigenvalue weighted by Crippen LogP contribution is 2.43. The van der Waals surface area contributed by atoms with Crippen LogP contribution in [0.4, 0.5) is 11.4 Å². The Morgan fingerprint density at radius 1 is 1.19 bits per heavy atom. The molecule has 0 aromatic heterocycles. The first-order chi connectivity index (χ1) is 12.9. The third kappa shape index (κ3) is 2.66. The largest absolute Gasteiger partial charge is 0.318 e. The van der Waals surface area contributed by atoms with Crippen LogP contribution in [0, 0.1) is 0 Å². The van der Waals surface area contributed by atoms with Gasteiger partial charge in [0.1, 0.15) is 0 Å². The molecule has 3 aliphatic heterocycles.